The predicted octanol–water partition coefficient (Wildman–Crippen LogP) is 3.03. The highest BCUT2D eigenvalue weighted by Crippen LogP contribution is 2.52. The van der Waals surface area contributed by atoms with E-state index in [2.05, 4.69) is 17.3 Å². The van der Waals surface area contributed by atoms with Gasteiger partial charge in [0.15, 0.2) is 0 Å². The van der Waals surface area contributed by atoms with Gasteiger partial charge in [0.05, 0.1) is 31.0 Å². The summed E-state index contributed by atoms with van der Waals surface area (Å²) in [5, 5.41) is 2.85. The van der Waals surface area contributed by atoms with Crippen LogP contribution >= 0.6 is 18.7 Å². The number of thiol groups is 1. The summed E-state index contributed by atoms with van der Waals surface area (Å²) in [6.45, 7) is 6.48. The van der Waals surface area contributed by atoms with Crippen LogP contribution in [0, 0.1) is 0 Å². The number of ether oxygens (including phenoxy) is 2. The van der Waals surface area contributed by atoms with Gasteiger partial charge in [-0.15, -0.1) is 0 Å². The van der Waals surface area contributed by atoms with E-state index in [0.717, 1.165) is 0 Å². The summed E-state index contributed by atoms with van der Waals surface area (Å²) >= 11 is 4.16. The fourth-order valence-electron chi connectivity index (χ4n) is 1.88. The lowest BCUT2D eigenvalue weighted by atomic mass is 10.1. The van der Waals surface area contributed by atoms with Crippen LogP contribution in [0.4, 0.5) is 4.39 Å². The Labute approximate surface area is 120 Å². The van der Waals surface area contributed by atoms with E-state index in [1.165, 1.54) is 0 Å². The van der Waals surface area contributed by atoms with Crippen molar-refractivity contribution in [3.8, 4) is 0 Å². The second kappa shape index (κ2) is 6.90. The molecule has 5 atom stereocenters. The summed E-state index contributed by atoms with van der Waals surface area (Å²) in [7, 11) is 0. The quantitative estimate of drug-likeness (QED) is 0.584. The molecule has 1 rings (SSSR count). The zero-order chi connectivity index (χ0) is 14.8. The van der Waals surface area contributed by atoms with E-state index in [0.29, 0.717) is 0 Å². The molecular weight excluding hydrogens is 288 g/mol. The SMILES string of the molecule is CC(C)OC[C@H]1O[C@@H](C)[C@@H](F)C1NP(=O)(S)C(C)C. The van der Waals surface area contributed by atoms with Crippen LogP contribution in [0.15, 0.2) is 0 Å². The van der Waals surface area contributed by atoms with Gasteiger partial charge in [0, 0.05) is 5.66 Å². The lowest BCUT2D eigenvalue weighted by Crippen LogP contribution is -2.43. The Morgan fingerprint density at radius 3 is 2.47 bits per heavy atom. The fourth-order valence-corrected chi connectivity index (χ4v) is 3.31. The normalized spacial score (nSPS) is 35.0. The van der Waals surface area contributed by atoms with Crippen molar-refractivity contribution in [2.45, 2.75) is 70.8 Å². The van der Waals surface area contributed by atoms with Crippen molar-refractivity contribution in [3.05, 3.63) is 0 Å². The van der Waals surface area contributed by atoms with Crippen LogP contribution in [0.25, 0.3) is 0 Å². The van der Waals surface area contributed by atoms with Crippen LogP contribution in [0.5, 0.6) is 0 Å². The van der Waals surface area contributed by atoms with E-state index in [1.807, 2.05) is 13.8 Å². The fraction of sp³-hybridized carbons (Fsp3) is 1.00. The van der Waals surface area contributed by atoms with E-state index in [-0.39, 0.29) is 18.4 Å². The zero-order valence-corrected chi connectivity index (χ0v) is 14.0. The second-order valence-electron chi connectivity index (χ2n) is 5.58. The van der Waals surface area contributed by atoms with E-state index in [4.69, 9.17) is 9.47 Å². The average molecular weight is 313 g/mol. The van der Waals surface area contributed by atoms with Crippen LogP contribution < -0.4 is 5.09 Å². The highest BCUT2D eigenvalue weighted by atomic mass is 32.7. The maximum atomic E-state index is 14.2. The molecule has 7 heteroatoms. The first-order valence-electron chi connectivity index (χ1n) is 6.66. The lowest BCUT2D eigenvalue weighted by molar-refractivity contribution is -0.0344. The van der Waals surface area contributed by atoms with Gasteiger partial charge in [-0.2, -0.15) is 0 Å². The van der Waals surface area contributed by atoms with E-state index in [9.17, 15) is 8.96 Å². The molecule has 0 aliphatic carbocycles. The Balaban J connectivity index is 2.72. The number of nitrogens with one attached hydrogen (secondary N) is 1. The Kier molecular flexibility index (Phi) is 6.33. The van der Waals surface area contributed by atoms with Gasteiger partial charge in [-0.05, 0) is 20.8 Å². The molecule has 1 heterocycles. The highest BCUT2D eigenvalue weighted by Gasteiger charge is 2.45. The molecule has 0 aromatic rings. The van der Waals surface area contributed by atoms with Gasteiger partial charge < -0.3 is 9.47 Å². The van der Waals surface area contributed by atoms with E-state index in [1.54, 1.807) is 20.8 Å². The van der Waals surface area contributed by atoms with Gasteiger partial charge in [0.25, 0.3) is 0 Å². The Morgan fingerprint density at radius 2 is 2.00 bits per heavy atom. The molecule has 114 valence electrons. The molecule has 1 fully saturated rings. The first-order valence-corrected chi connectivity index (χ1v) is 9.59. The van der Waals surface area contributed by atoms with E-state index < -0.39 is 30.9 Å². The summed E-state index contributed by atoms with van der Waals surface area (Å²) < 4.78 is 37.5. The van der Waals surface area contributed by atoms with Gasteiger partial charge in [-0.3, -0.25) is 4.57 Å². The molecule has 2 unspecified atom stereocenters. The summed E-state index contributed by atoms with van der Waals surface area (Å²) in [6, 6.07) is -0.639. The minimum Gasteiger partial charge on any atom is -0.376 e. The van der Waals surface area contributed by atoms with Crippen molar-refractivity contribution in [1.82, 2.24) is 5.09 Å². The van der Waals surface area contributed by atoms with Gasteiger partial charge >= 0.3 is 0 Å². The number of halogens is 1. The minimum atomic E-state index is -2.89. The molecule has 1 N–H and O–H groups in total. The molecule has 0 saturated carbocycles. The maximum Gasteiger partial charge on any atom is 0.200 e. The number of hydrogen-bond acceptors (Lipinski definition) is 3. The van der Waals surface area contributed by atoms with Gasteiger partial charge in [-0.25, -0.2) is 9.48 Å². The van der Waals surface area contributed by atoms with E-state index >= 15 is 0 Å². The Morgan fingerprint density at radius 1 is 1.42 bits per heavy atom. The average Bonchev–Trinajstić information content (AvgIpc) is 2.53. The molecule has 1 saturated heterocycles. The van der Waals surface area contributed by atoms with Crippen molar-refractivity contribution in [2.24, 2.45) is 0 Å². The van der Waals surface area contributed by atoms with Crippen LogP contribution in [-0.2, 0) is 14.0 Å². The van der Waals surface area contributed by atoms with Crippen molar-refractivity contribution >= 4 is 18.7 Å². The van der Waals surface area contributed by atoms with Gasteiger partial charge in [0.1, 0.15) is 6.17 Å². The molecular formula is C12H25FNO3PS. The summed E-state index contributed by atoms with van der Waals surface area (Å²) in [4.78, 5) is 0. The van der Waals surface area contributed by atoms with Crippen LogP contribution in [0.1, 0.15) is 34.6 Å². The number of hydrogen-bond donors (Lipinski definition) is 2. The molecule has 0 amide bonds. The molecule has 1 aliphatic heterocycles. The largest absolute Gasteiger partial charge is 0.376 e. The Hall–Kier alpha value is 0.390. The van der Waals surface area contributed by atoms with Crippen molar-refractivity contribution < 1.29 is 18.4 Å². The molecule has 19 heavy (non-hydrogen) atoms. The molecule has 0 radical (unpaired) electrons. The lowest BCUT2D eigenvalue weighted by Gasteiger charge is -2.26. The predicted molar refractivity (Wildman–Crippen MR) is 79.0 cm³/mol. The third-order valence-electron chi connectivity index (χ3n) is 3.21. The summed E-state index contributed by atoms with van der Waals surface area (Å²) in [5.41, 5.74) is -0.161. The first kappa shape index (κ1) is 17.4. The summed E-state index contributed by atoms with van der Waals surface area (Å²) in [6.07, 6.45) is -2.13. The summed E-state index contributed by atoms with van der Waals surface area (Å²) in [5.74, 6) is 0. The standard InChI is InChI=1S/C12H25FNO3PS/c1-7(2)16-6-10-12(11(13)9(5)17-10)14-18(15,19)8(3)4/h7-12H,6H2,1-5H3,(H2,14,15,19)/t9-,10+,11+,12?,18?/m0/s1. The van der Waals surface area contributed by atoms with Gasteiger partial charge in [0.2, 0.25) is 6.49 Å². The van der Waals surface area contributed by atoms with Crippen molar-refractivity contribution in [1.29, 1.82) is 0 Å². The third-order valence-corrected chi connectivity index (χ3v) is 7.01. The zero-order valence-electron chi connectivity index (χ0n) is 12.2. The molecule has 1 aliphatic rings. The monoisotopic (exact) mass is 313 g/mol. The van der Waals surface area contributed by atoms with Crippen molar-refractivity contribution in [3.63, 3.8) is 0 Å². The first-order chi connectivity index (χ1) is 8.65. The van der Waals surface area contributed by atoms with Crippen LogP contribution in [0.2, 0.25) is 0 Å². The second-order valence-corrected chi connectivity index (χ2v) is 9.90. The van der Waals surface area contributed by atoms with Crippen LogP contribution in [0.3, 0.4) is 0 Å². The molecule has 0 bridgehead atoms. The van der Waals surface area contributed by atoms with Crippen LogP contribution in [-0.4, -0.2) is 42.8 Å². The minimum absolute atomic E-state index is 0.0473. The smallest absolute Gasteiger partial charge is 0.200 e. The molecule has 0 spiro atoms. The number of alkyl halides is 1. The highest BCUT2D eigenvalue weighted by molar-refractivity contribution is 8.47. The van der Waals surface area contributed by atoms with Gasteiger partial charge in [-0.1, -0.05) is 26.1 Å². The maximum absolute atomic E-state index is 14.2. The molecule has 0 aromatic carbocycles. The molecule has 0 aromatic heterocycles. The topological polar surface area (TPSA) is 47.6 Å². The van der Waals surface area contributed by atoms with Crippen molar-refractivity contribution in [2.75, 3.05) is 6.61 Å². The Bertz CT molecular complexity index is 343. The molecule has 4 nitrogen and oxygen atoms in total. The number of rotatable bonds is 6. The third kappa shape index (κ3) is 4.71.